The van der Waals surface area contributed by atoms with E-state index >= 15 is 0 Å². The highest BCUT2D eigenvalue weighted by molar-refractivity contribution is 5.96. The maximum Gasteiger partial charge on any atom is 0.335 e. The second-order valence-electron chi connectivity index (χ2n) is 4.26. The highest BCUT2D eigenvalue weighted by Crippen LogP contribution is 2.17. The number of carbonyl (C=O) groups is 2. The van der Waals surface area contributed by atoms with E-state index in [9.17, 15) is 9.59 Å². The van der Waals surface area contributed by atoms with Crippen molar-refractivity contribution >= 4 is 17.6 Å². The van der Waals surface area contributed by atoms with Crippen LogP contribution in [0, 0.1) is 6.92 Å². The van der Waals surface area contributed by atoms with Crippen LogP contribution in [0.15, 0.2) is 18.2 Å². The van der Waals surface area contributed by atoms with Crippen molar-refractivity contribution in [2.24, 2.45) is 0 Å². The fraction of sp³-hybridized carbons (Fsp3) is 0.385. The molecule has 6 nitrogen and oxygen atoms in total. The first-order valence-electron chi connectivity index (χ1n) is 5.92. The van der Waals surface area contributed by atoms with Gasteiger partial charge in [0.15, 0.2) is 6.10 Å². The van der Waals surface area contributed by atoms with E-state index in [1.807, 2.05) is 0 Å². The molecule has 1 heterocycles. The van der Waals surface area contributed by atoms with E-state index in [4.69, 9.17) is 14.6 Å². The third kappa shape index (κ3) is 3.30. The summed E-state index contributed by atoms with van der Waals surface area (Å²) in [5.74, 6) is -1.28. The number of ether oxygens (including phenoxy) is 2. The summed E-state index contributed by atoms with van der Waals surface area (Å²) in [4.78, 5) is 22.7. The summed E-state index contributed by atoms with van der Waals surface area (Å²) < 4.78 is 10.4. The molecule has 0 saturated carbocycles. The third-order valence-electron chi connectivity index (χ3n) is 2.84. The molecule has 1 amide bonds. The molecular weight excluding hydrogens is 250 g/mol. The van der Waals surface area contributed by atoms with Gasteiger partial charge in [0, 0.05) is 5.69 Å². The van der Waals surface area contributed by atoms with Crippen LogP contribution in [-0.2, 0) is 14.3 Å². The number of hydrogen-bond acceptors (Lipinski definition) is 4. The Kier molecular flexibility index (Phi) is 4.13. The molecule has 0 radical (unpaired) electrons. The number of carboxylic acids is 1. The lowest BCUT2D eigenvalue weighted by Gasteiger charge is -2.22. The normalized spacial score (nSPS) is 18.9. The van der Waals surface area contributed by atoms with E-state index < -0.39 is 12.1 Å². The molecule has 1 aliphatic rings. The number of hydrogen-bond donors (Lipinski definition) is 2. The molecule has 1 atom stereocenters. The topological polar surface area (TPSA) is 84.9 Å². The van der Waals surface area contributed by atoms with Crippen molar-refractivity contribution in [1.82, 2.24) is 0 Å². The van der Waals surface area contributed by atoms with E-state index in [0.717, 1.165) is 0 Å². The lowest BCUT2D eigenvalue weighted by Crippen LogP contribution is -2.39. The Labute approximate surface area is 110 Å². The van der Waals surface area contributed by atoms with Crippen LogP contribution in [0.25, 0.3) is 0 Å². The zero-order valence-corrected chi connectivity index (χ0v) is 10.5. The highest BCUT2D eigenvalue weighted by atomic mass is 16.6. The number of amides is 1. The Morgan fingerprint density at radius 3 is 2.74 bits per heavy atom. The smallest absolute Gasteiger partial charge is 0.335 e. The second kappa shape index (κ2) is 5.81. The summed E-state index contributed by atoms with van der Waals surface area (Å²) in [7, 11) is 0. The Balaban J connectivity index is 2.06. The van der Waals surface area contributed by atoms with Crippen molar-refractivity contribution in [1.29, 1.82) is 0 Å². The minimum atomic E-state index is -0.995. The SMILES string of the molecule is Cc1cc(C(=O)O)ccc1NC(=O)C1COCCO1. The summed E-state index contributed by atoms with van der Waals surface area (Å²) in [6.07, 6.45) is -0.618. The van der Waals surface area contributed by atoms with Gasteiger partial charge in [0.1, 0.15) is 0 Å². The van der Waals surface area contributed by atoms with Crippen LogP contribution in [0.1, 0.15) is 15.9 Å². The zero-order valence-electron chi connectivity index (χ0n) is 10.5. The molecule has 102 valence electrons. The zero-order chi connectivity index (χ0) is 13.8. The number of carbonyl (C=O) groups excluding carboxylic acids is 1. The highest BCUT2D eigenvalue weighted by Gasteiger charge is 2.23. The molecule has 19 heavy (non-hydrogen) atoms. The summed E-state index contributed by atoms with van der Waals surface area (Å²) in [5, 5.41) is 11.6. The van der Waals surface area contributed by atoms with Crippen LogP contribution in [0.2, 0.25) is 0 Å². The number of nitrogens with one attached hydrogen (secondary N) is 1. The van der Waals surface area contributed by atoms with Crippen molar-refractivity contribution in [3.8, 4) is 0 Å². The van der Waals surface area contributed by atoms with E-state index in [2.05, 4.69) is 5.32 Å². The number of anilines is 1. The second-order valence-corrected chi connectivity index (χ2v) is 4.26. The van der Waals surface area contributed by atoms with Crippen molar-refractivity contribution in [2.75, 3.05) is 25.1 Å². The van der Waals surface area contributed by atoms with E-state index in [1.54, 1.807) is 13.0 Å². The van der Waals surface area contributed by atoms with Gasteiger partial charge in [-0.15, -0.1) is 0 Å². The average molecular weight is 265 g/mol. The van der Waals surface area contributed by atoms with Gasteiger partial charge in [-0.2, -0.15) is 0 Å². The molecule has 1 aliphatic heterocycles. The molecule has 0 aromatic heterocycles. The van der Waals surface area contributed by atoms with E-state index in [0.29, 0.717) is 24.5 Å². The number of rotatable bonds is 3. The number of aryl methyl sites for hydroxylation is 1. The molecular formula is C13H15NO5. The molecule has 1 aromatic carbocycles. The summed E-state index contributed by atoms with van der Waals surface area (Å²) in [5.41, 5.74) is 1.45. The van der Waals surface area contributed by atoms with Crippen molar-refractivity contribution < 1.29 is 24.2 Å². The predicted octanol–water partition coefficient (Wildman–Crippen LogP) is 1.05. The molecule has 6 heteroatoms. The molecule has 0 spiro atoms. The molecule has 1 aromatic rings. The van der Waals surface area contributed by atoms with Gasteiger partial charge in [0.2, 0.25) is 0 Å². The number of benzene rings is 1. The lowest BCUT2D eigenvalue weighted by atomic mass is 10.1. The van der Waals surface area contributed by atoms with Gasteiger partial charge < -0.3 is 19.9 Å². The van der Waals surface area contributed by atoms with Crippen molar-refractivity contribution in [3.05, 3.63) is 29.3 Å². The molecule has 2 rings (SSSR count). The van der Waals surface area contributed by atoms with Gasteiger partial charge >= 0.3 is 5.97 Å². The summed E-state index contributed by atoms with van der Waals surface area (Å²) >= 11 is 0. The first-order chi connectivity index (χ1) is 9.08. The van der Waals surface area contributed by atoms with E-state index in [1.165, 1.54) is 12.1 Å². The fourth-order valence-corrected chi connectivity index (χ4v) is 1.79. The Bertz CT molecular complexity index is 494. The molecule has 0 bridgehead atoms. The standard InChI is InChI=1S/C13H15NO5/c1-8-6-9(13(16)17)2-3-10(8)14-12(15)11-7-18-4-5-19-11/h2-3,6,11H,4-5,7H2,1H3,(H,14,15)(H,16,17). The van der Waals surface area contributed by atoms with Crippen LogP contribution in [-0.4, -0.2) is 42.9 Å². The van der Waals surface area contributed by atoms with Crippen LogP contribution < -0.4 is 5.32 Å². The minimum Gasteiger partial charge on any atom is -0.478 e. The number of aromatic carboxylic acids is 1. The maximum atomic E-state index is 11.9. The number of carboxylic acid groups (broad SMARTS) is 1. The molecule has 1 unspecified atom stereocenters. The van der Waals surface area contributed by atoms with Crippen LogP contribution >= 0.6 is 0 Å². The Morgan fingerprint density at radius 2 is 2.16 bits per heavy atom. The van der Waals surface area contributed by atoms with Gasteiger partial charge in [0.05, 0.1) is 25.4 Å². The molecule has 1 fully saturated rings. The van der Waals surface area contributed by atoms with Gasteiger partial charge in [-0.25, -0.2) is 4.79 Å². The molecule has 2 N–H and O–H groups in total. The fourth-order valence-electron chi connectivity index (χ4n) is 1.79. The molecule has 0 aliphatic carbocycles. The van der Waals surface area contributed by atoms with Crippen LogP contribution in [0.5, 0.6) is 0 Å². The summed E-state index contributed by atoms with van der Waals surface area (Å²) in [6.45, 7) is 2.86. The van der Waals surface area contributed by atoms with Crippen LogP contribution in [0.3, 0.4) is 0 Å². The average Bonchev–Trinajstić information content (AvgIpc) is 2.41. The quantitative estimate of drug-likeness (QED) is 0.853. The van der Waals surface area contributed by atoms with Gasteiger partial charge in [-0.1, -0.05) is 0 Å². The van der Waals surface area contributed by atoms with Gasteiger partial charge in [-0.05, 0) is 30.7 Å². The molecule has 1 saturated heterocycles. The monoisotopic (exact) mass is 265 g/mol. The van der Waals surface area contributed by atoms with Gasteiger partial charge in [-0.3, -0.25) is 4.79 Å². The lowest BCUT2D eigenvalue weighted by molar-refractivity contribution is -0.142. The van der Waals surface area contributed by atoms with Gasteiger partial charge in [0.25, 0.3) is 5.91 Å². The largest absolute Gasteiger partial charge is 0.478 e. The third-order valence-corrected chi connectivity index (χ3v) is 2.84. The maximum absolute atomic E-state index is 11.9. The van der Waals surface area contributed by atoms with Crippen molar-refractivity contribution in [3.63, 3.8) is 0 Å². The Morgan fingerprint density at radius 1 is 1.37 bits per heavy atom. The van der Waals surface area contributed by atoms with Crippen LogP contribution in [0.4, 0.5) is 5.69 Å². The first-order valence-corrected chi connectivity index (χ1v) is 5.92. The minimum absolute atomic E-state index is 0.188. The first kappa shape index (κ1) is 13.5. The van der Waals surface area contributed by atoms with Crippen molar-refractivity contribution in [2.45, 2.75) is 13.0 Å². The van der Waals surface area contributed by atoms with E-state index in [-0.39, 0.29) is 18.1 Å². The predicted molar refractivity (Wildman–Crippen MR) is 67.3 cm³/mol. The Hall–Kier alpha value is -1.92. The summed E-state index contributed by atoms with van der Waals surface area (Å²) in [6, 6.07) is 4.53.